The first kappa shape index (κ1) is 23.2. The molecule has 2 aromatic carbocycles. The van der Waals surface area contributed by atoms with Crippen molar-refractivity contribution in [2.45, 2.75) is 32.4 Å². The minimum Gasteiger partial charge on any atom is -0.381 e. The molecule has 0 radical (unpaired) electrons. The molecule has 7 rings (SSSR count). The van der Waals surface area contributed by atoms with Crippen LogP contribution in [0.15, 0.2) is 61.1 Å². The van der Waals surface area contributed by atoms with Crippen LogP contribution >= 0.6 is 0 Å². The van der Waals surface area contributed by atoms with Gasteiger partial charge in [-0.2, -0.15) is 0 Å². The highest BCUT2D eigenvalue weighted by Crippen LogP contribution is 2.42. The Morgan fingerprint density at radius 1 is 1.00 bits per heavy atom. The van der Waals surface area contributed by atoms with Gasteiger partial charge in [0, 0.05) is 56.6 Å². The number of carbonyl (C=O) groups excluding carboxylic acids is 1. The van der Waals surface area contributed by atoms with Gasteiger partial charge >= 0.3 is 0 Å². The van der Waals surface area contributed by atoms with E-state index in [1.54, 1.807) is 4.90 Å². The van der Waals surface area contributed by atoms with Crippen LogP contribution in [0.4, 0.5) is 0 Å². The Morgan fingerprint density at radius 3 is 2.53 bits per heavy atom. The number of aromatic nitrogens is 4. The number of nitrogens with zero attached hydrogens (tertiary/aromatic N) is 5. The number of fused-ring (bicyclic) bond motifs is 4. The van der Waals surface area contributed by atoms with Crippen LogP contribution in [0.1, 0.15) is 46.1 Å². The quantitative estimate of drug-likeness (QED) is 0.324. The largest absolute Gasteiger partial charge is 0.381 e. The maximum absolute atomic E-state index is 12.9. The van der Waals surface area contributed by atoms with E-state index in [4.69, 9.17) is 9.72 Å². The van der Waals surface area contributed by atoms with E-state index >= 15 is 0 Å². The number of hydrogen-bond acceptors (Lipinski definition) is 4. The van der Waals surface area contributed by atoms with Crippen LogP contribution in [-0.4, -0.2) is 50.2 Å². The van der Waals surface area contributed by atoms with Crippen molar-refractivity contribution in [2.75, 3.05) is 20.3 Å². The Hall–Kier alpha value is -3.97. The van der Waals surface area contributed by atoms with Gasteiger partial charge in [0.25, 0.3) is 5.91 Å². The van der Waals surface area contributed by atoms with E-state index in [0.29, 0.717) is 12.5 Å². The molecule has 0 aliphatic carbocycles. The predicted molar refractivity (Wildman–Crippen MR) is 148 cm³/mol. The molecule has 0 spiro atoms. The fraction of sp³-hybridized carbons (Fsp3) is 0.323. The topological polar surface area (TPSA) is 65.2 Å². The molecule has 0 saturated carbocycles. The Morgan fingerprint density at radius 2 is 1.79 bits per heavy atom. The average Bonchev–Trinajstić information content (AvgIpc) is 3.54. The third-order valence-corrected chi connectivity index (χ3v) is 8.37. The third-order valence-electron chi connectivity index (χ3n) is 8.37. The first-order valence-corrected chi connectivity index (χ1v) is 13.3. The molecule has 0 unspecified atom stereocenters. The van der Waals surface area contributed by atoms with E-state index < -0.39 is 0 Å². The predicted octanol–water partition coefficient (Wildman–Crippen LogP) is 5.50. The molecule has 1 saturated heterocycles. The SMILES string of the molecule is Cc1ncn(C)c1-c1cnc2c3cc4c(cc3n([C@H](c3ccccc3)C3CCOCC3)c2c1)CN(C)C4=O. The average molecular weight is 506 g/mol. The highest BCUT2D eigenvalue weighted by Gasteiger charge is 2.32. The lowest BCUT2D eigenvalue weighted by atomic mass is 9.86. The van der Waals surface area contributed by atoms with Crippen LogP contribution < -0.4 is 0 Å². The van der Waals surface area contributed by atoms with Gasteiger partial charge in [0.05, 0.1) is 40.3 Å². The van der Waals surface area contributed by atoms with Gasteiger partial charge in [-0.1, -0.05) is 30.3 Å². The number of aryl methyl sites for hydroxylation is 2. The molecule has 0 bridgehead atoms. The van der Waals surface area contributed by atoms with E-state index in [2.05, 4.69) is 62.6 Å². The lowest BCUT2D eigenvalue weighted by Gasteiger charge is -2.33. The van der Waals surface area contributed by atoms with Crippen molar-refractivity contribution in [3.05, 3.63) is 83.4 Å². The molecule has 5 heterocycles. The lowest BCUT2D eigenvalue weighted by molar-refractivity contribution is 0.0553. The summed E-state index contributed by atoms with van der Waals surface area (Å²) >= 11 is 0. The number of pyridine rings is 1. The summed E-state index contributed by atoms with van der Waals surface area (Å²) in [6.45, 7) is 4.22. The minimum absolute atomic E-state index is 0.0777. The first-order chi connectivity index (χ1) is 18.5. The normalized spacial score (nSPS) is 17.0. The van der Waals surface area contributed by atoms with Crippen molar-refractivity contribution < 1.29 is 9.53 Å². The fourth-order valence-corrected chi connectivity index (χ4v) is 6.56. The molecule has 3 aromatic heterocycles. The van der Waals surface area contributed by atoms with Crippen LogP contribution in [0.5, 0.6) is 0 Å². The molecule has 2 aliphatic heterocycles. The first-order valence-electron chi connectivity index (χ1n) is 13.3. The van der Waals surface area contributed by atoms with Crippen LogP contribution in [0.3, 0.4) is 0 Å². The third kappa shape index (κ3) is 3.49. The number of amides is 1. The maximum atomic E-state index is 12.9. The van der Waals surface area contributed by atoms with Crippen molar-refractivity contribution in [2.24, 2.45) is 13.0 Å². The van der Waals surface area contributed by atoms with Crippen molar-refractivity contribution in [1.29, 1.82) is 0 Å². The summed E-state index contributed by atoms with van der Waals surface area (Å²) in [6.07, 6.45) is 5.80. The molecule has 5 aromatic rings. The lowest BCUT2D eigenvalue weighted by Crippen LogP contribution is -2.27. The highest BCUT2D eigenvalue weighted by molar-refractivity contribution is 6.11. The van der Waals surface area contributed by atoms with Gasteiger partial charge in [-0.25, -0.2) is 4.98 Å². The molecule has 1 amide bonds. The summed E-state index contributed by atoms with van der Waals surface area (Å²) < 4.78 is 10.3. The summed E-state index contributed by atoms with van der Waals surface area (Å²) in [5, 5.41) is 1.03. The number of benzene rings is 2. The van der Waals surface area contributed by atoms with Gasteiger partial charge in [-0.15, -0.1) is 0 Å². The minimum atomic E-state index is 0.0777. The van der Waals surface area contributed by atoms with E-state index in [1.165, 1.54) is 5.56 Å². The van der Waals surface area contributed by atoms with E-state index in [0.717, 1.165) is 76.1 Å². The Labute approximate surface area is 221 Å². The van der Waals surface area contributed by atoms with E-state index in [1.807, 2.05) is 33.5 Å². The standard InChI is InChI=1S/C31H31N5O2/c1-19-29(35(3)18-33-19)22-13-27-28(32-16-22)25-15-24-23(17-34(2)31(24)37)14-26(25)36(27)30(20-7-5-4-6-8-20)21-9-11-38-12-10-21/h4-8,13-16,18,21,30H,9-12,17H2,1-3H3/t30-/m1/s1. The molecule has 1 atom stereocenters. The monoisotopic (exact) mass is 505 g/mol. The zero-order chi connectivity index (χ0) is 26.0. The summed E-state index contributed by atoms with van der Waals surface area (Å²) in [5.74, 6) is 0.499. The second-order valence-corrected chi connectivity index (χ2v) is 10.7. The molecule has 2 aliphatic rings. The van der Waals surface area contributed by atoms with Crippen LogP contribution in [0.25, 0.3) is 33.2 Å². The Kier molecular flexibility index (Phi) is 5.37. The fourth-order valence-electron chi connectivity index (χ4n) is 6.56. The van der Waals surface area contributed by atoms with Gasteiger partial charge in [0.15, 0.2) is 0 Å². The molecule has 38 heavy (non-hydrogen) atoms. The van der Waals surface area contributed by atoms with Crippen LogP contribution in [-0.2, 0) is 18.3 Å². The number of rotatable bonds is 4. The van der Waals surface area contributed by atoms with Crippen molar-refractivity contribution in [3.63, 3.8) is 0 Å². The zero-order valence-corrected chi connectivity index (χ0v) is 22.0. The molecule has 192 valence electrons. The second-order valence-electron chi connectivity index (χ2n) is 10.7. The summed E-state index contributed by atoms with van der Waals surface area (Å²) in [4.78, 5) is 24.3. The second kappa shape index (κ2) is 8.81. The van der Waals surface area contributed by atoms with E-state index in [9.17, 15) is 4.79 Å². The molecule has 0 N–H and O–H groups in total. The molecule has 7 nitrogen and oxygen atoms in total. The Bertz CT molecular complexity index is 1670. The van der Waals surface area contributed by atoms with Crippen molar-refractivity contribution >= 4 is 27.8 Å². The van der Waals surface area contributed by atoms with Gasteiger partial charge in [-0.05, 0) is 55.0 Å². The number of imidazole rings is 1. The molecular weight excluding hydrogens is 474 g/mol. The van der Waals surface area contributed by atoms with Gasteiger partial charge in [-0.3, -0.25) is 9.78 Å². The maximum Gasteiger partial charge on any atom is 0.254 e. The van der Waals surface area contributed by atoms with Crippen LogP contribution in [0.2, 0.25) is 0 Å². The van der Waals surface area contributed by atoms with Gasteiger partial charge in [0.2, 0.25) is 0 Å². The van der Waals surface area contributed by atoms with Crippen molar-refractivity contribution in [3.8, 4) is 11.3 Å². The summed E-state index contributed by atoms with van der Waals surface area (Å²) in [5.41, 5.74) is 9.39. The van der Waals surface area contributed by atoms with Gasteiger partial charge in [0.1, 0.15) is 0 Å². The molecular formula is C31H31N5O2. The molecule has 7 heteroatoms. The van der Waals surface area contributed by atoms with Crippen LogP contribution in [0, 0.1) is 12.8 Å². The highest BCUT2D eigenvalue weighted by atomic mass is 16.5. The summed E-state index contributed by atoms with van der Waals surface area (Å²) in [7, 11) is 3.89. The number of hydrogen-bond donors (Lipinski definition) is 0. The smallest absolute Gasteiger partial charge is 0.254 e. The summed E-state index contributed by atoms with van der Waals surface area (Å²) in [6, 6.07) is 17.5. The zero-order valence-electron chi connectivity index (χ0n) is 22.0. The van der Waals surface area contributed by atoms with E-state index in [-0.39, 0.29) is 11.9 Å². The van der Waals surface area contributed by atoms with Crippen molar-refractivity contribution in [1.82, 2.24) is 24.0 Å². The number of carbonyl (C=O) groups is 1. The Balaban J connectivity index is 1.56. The van der Waals surface area contributed by atoms with Gasteiger partial charge < -0.3 is 18.8 Å². The number of ether oxygens (including phenoxy) is 1. The molecule has 1 fully saturated rings.